The molecule has 0 atom stereocenters. The predicted octanol–water partition coefficient (Wildman–Crippen LogP) is 2.18. The molecule has 2 aliphatic heterocycles. The molecule has 0 bridgehead atoms. The lowest BCUT2D eigenvalue weighted by molar-refractivity contribution is 0.102. The zero-order valence-electron chi connectivity index (χ0n) is 17.6. The number of piperazine rings is 1. The van der Waals surface area contributed by atoms with Crippen molar-refractivity contribution in [3.8, 4) is 0 Å². The summed E-state index contributed by atoms with van der Waals surface area (Å²) in [5.74, 6) is 0.0980. The first-order chi connectivity index (χ1) is 15.4. The topological polar surface area (TPSA) is 102 Å². The van der Waals surface area contributed by atoms with Crippen molar-refractivity contribution in [1.29, 1.82) is 0 Å². The first-order valence-electron chi connectivity index (χ1n) is 10.4. The van der Waals surface area contributed by atoms with Gasteiger partial charge in [0.25, 0.3) is 15.9 Å². The van der Waals surface area contributed by atoms with Gasteiger partial charge in [0, 0.05) is 49.5 Å². The molecule has 1 amide bonds. The Balaban J connectivity index is 1.26. The van der Waals surface area contributed by atoms with E-state index in [2.05, 4.69) is 32.4 Å². The largest absolute Gasteiger partial charge is 0.369 e. The van der Waals surface area contributed by atoms with E-state index in [1.54, 1.807) is 17.5 Å². The number of rotatable bonds is 5. The Kier molecular flexibility index (Phi) is 5.49. The van der Waals surface area contributed by atoms with E-state index in [1.807, 2.05) is 24.3 Å². The van der Waals surface area contributed by atoms with Crippen molar-refractivity contribution in [3.05, 3.63) is 58.6 Å². The quantitative estimate of drug-likeness (QED) is 0.590. The number of hydrogen-bond acceptors (Lipinski definition) is 7. The summed E-state index contributed by atoms with van der Waals surface area (Å²) in [4.78, 5) is 17.4. The number of carbonyl (C=O) groups excluding carboxylic acids is 1. The molecule has 4 heterocycles. The van der Waals surface area contributed by atoms with E-state index in [-0.39, 0.29) is 19.0 Å². The van der Waals surface area contributed by atoms with E-state index in [0.717, 1.165) is 31.9 Å². The third kappa shape index (κ3) is 3.92. The minimum absolute atomic E-state index is 0.171. The van der Waals surface area contributed by atoms with Gasteiger partial charge in [-0.15, -0.1) is 11.3 Å². The Hall–Kier alpha value is -2.73. The van der Waals surface area contributed by atoms with Gasteiger partial charge in [0.05, 0.1) is 12.2 Å². The Bertz CT molecular complexity index is 1210. The van der Waals surface area contributed by atoms with Crippen LogP contribution in [0.15, 0.2) is 46.0 Å². The fraction of sp³-hybridized carbons (Fsp3) is 0.333. The number of carbonyl (C=O) groups is 1. The molecule has 0 aliphatic carbocycles. The monoisotopic (exact) mass is 472 g/mol. The number of aromatic amines is 1. The zero-order valence-corrected chi connectivity index (χ0v) is 19.2. The molecule has 1 saturated heterocycles. The zero-order chi connectivity index (χ0) is 22.3. The Morgan fingerprint density at radius 2 is 1.84 bits per heavy atom. The predicted molar refractivity (Wildman–Crippen MR) is 123 cm³/mol. The van der Waals surface area contributed by atoms with Crippen LogP contribution in [-0.4, -0.2) is 67.0 Å². The average Bonchev–Trinajstić information content (AvgIpc) is 3.54. The van der Waals surface area contributed by atoms with Gasteiger partial charge in [0.1, 0.15) is 4.21 Å². The Labute approximate surface area is 190 Å². The van der Waals surface area contributed by atoms with Gasteiger partial charge in [0.2, 0.25) is 0 Å². The summed E-state index contributed by atoms with van der Waals surface area (Å²) in [7, 11) is -1.45. The molecule has 1 fully saturated rings. The summed E-state index contributed by atoms with van der Waals surface area (Å²) < 4.78 is 27.3. The second-order valence-corrected chi connectivity index (χ2v) is 11.1. The van der Waals surface area contributed by atoms with Crippen LogP contribution in [0.5, 0.6) is 0 Å². The van der Waals surface area contributed by atoms with Crippen LogP contribution in [0.4, 0.5) is 11.5 Å². The van der Waals surface area contributed by atoms with E-state index in [0.29, 0.717) is 26.8 Å². The number of likely N-dealkylation sites (N-methyl/N-ethyl adjacent to an activating group) is 1. The molecule has 5 rings (SSSR count). The maximum atomic E-state index is 12.8. The first-order valence-corrected chi connectivity index (χ1v) is 12.7. The number of fused-ring (bicyclic) bond motifs is 1. The molecule has 0 unspecified atom stereocenters. The number of H-pyrrole nitrogens is 1. The second kappa shape index (κ2) is 8.32. The molecule has 1 aromatic carbocycles. The summed E-state index contributed by atoms with van der Waals surface area (Å²) in [6, 6.07) is 10.9. The summed E-state index contributed by atoms with van der Waals surface area (Å²) in [6.45, 7) is 4.35. The van der Waals surface area contributed by atoms with Gasteiger partial charge >= 0.3 is 0 Å². The molecule has 2 aliphatic rings. The normalized spacial score (nSPS) is 17.5. The van der Waals surface area contributed by atoms with E-state index >= 15 is 0 Å². The fourth-order valence-corrected chi connectivity index (χ4v) is 6.51. The van der Waals surface area contributed by atoms with Crippen molar-refractivity contribution in [2.45, 2.75) is 17.3 Å². The van der Waals surface area contributed by atoms with Crippen molar-refractivity contribution < 1.29 is 13.2 Å². The van der Waals surface area contributed by atoms with Crippen LogP contribution in [0, 0.1) is 0 Å². The first kappa shape index (κ1) is 21.1. The van der Waals surface area contributed by atoms with Crippen LogP contribution in [0.3, 0.4) is 0 Å². The third-order valence-electron chi connectivity index (χ3n) is 5.94. The third-order valence-corrected chi connectivity index (χ3v) is 9.11. The molecule has 0 spiro atoms. The van der Waals surface area contributed by atoms with Crippen molar-refractivity contribution in [2.24, 2.45) is 0 Å². The lowest BCUT2D eigenvalue weighted by atomic mass is 10.1. The Morgan fingerprint density at radius 3 is 2.53 bits per heavy atom. The minimum Gasteiger partial charge on any atom is -0.369 e. The molecule has 0 saturated carbocycles. The van der Waals surface area contributed by atoms with Crippen molar-refractivity contribution in [3.63, 3.8) is 0 Å². The smallest absolute Gasteiger partial charge is 0.256 e. The summed E-state index contributed by atoms with van der Waals surface area (Å²) in [5.41, 5.74) is 3.03. The number of nitrogens with one attached hydrogen (secondary N) is 2. The maximum Gasteiger partial charge on any atom is 0.256 e. The van der Waals surface area contributed by atoms with Gasteiger partial charge in [-0.3, -0.25) is 9.89 Å². The highest BCUT2D eigenvalue weighted by molar-refractivity contribution is 7.91. The molecular weight excluding hydrogens is 448 g/mol. The fourth-order valence-electron chi connectivity index (χ4n) is 3.99. The standard InChI is InChI=1S/C21H24N6O3S2/c1-25-8-10-26(11-9-25)16-6-4-15(5-7-16)21(28)22-20-17-13-27(14-18(17)23-24-20)32(29,30)19-3-2-12-31-19/h2-7,12H,8-11,13-14H2,1H3,(H2,22,23,24,28). The Morgan fingerprint density at radius 1 is 1.09 bits per heavy atom. The maximum absolute atomic E-state index is 12.8. The van der Waals surface area contributed by atoms with E-state index < -0.39 is 10.0 Å². The van der Waals surface area contributed by atoms with E-state index in [9.17, 15) is 13.2 Å². The molecule has 32 heavy (non-hydrogen) atoms. The second-order valence-electron chi connectivity index (χ2n) is 8.03. The van der Waals surface area contributed by atoms with Crippen LogP contribution in [-0.2, 0) is 23.1 Å². The number of amides is 1. The molecule has 11 heteroatoms. The molecule has 3 aromatic rings. The van der Waals surface area contributed by atoms with Crippen molar-refractivity contribution in [1.82, 2.24) is 19.4 Å². The molecular formula is C21H24N6O3S2. The average molecular weight is 473 g/mol. The van der Waals surface area contributed by atoms with Crippen LogP contribution in [0.25, 0.3) is 0 Å². The lowest BCUT2D eigenvalue weighted by Gasteiger charge is -2.34. The highest BCUT2D eigenvalue weighted by Crippen LogP contribution is 2.33. The number of anilines is 2. The van der Waals surface area contributed by atoms with Gasteiger partial charge in [-0.2, -0.15) is 9.40 Å². The van der Waals surface area contributed by atoms with Crippen LogP contribution >= 0.6 is 11.3 Å². The number of benzene rings is 1. The van der Waals surface area contributed by atoms with Crippen molar-refractivity contribution >= 4 is 38.8 Å². The lowest BCUT2D eigenvalue weighted by Crippen LogP contribution is -2.44. The van der Waals surface area contributed by atoms with Gasteiger partial charge in [-0.05, 0) is 42.8 Å². The molecule has 168 valence electrons. The number of hydrogen-bond donors (Lipinski definition) is 2. The summed E-state index contributed by atoms with van der Waals surface area (Å²) >= 11 is 1.19. The highest BCUT2D eigenvalue weighted by atomic mass is 32.2. The summed E-state index contributed by atoms with van der Waals surface area (Å²) in [5, 5.41) is 11.6. The van der Waals surface area contributed by atoms with Crippen LogP contribution in [0.2, 0.25) is 0 Å². The molecule has 2 aromatic heterocycles. The number of sulfonamides is 1. The molecule has 0 radical (unpaired) electrons. The summed E-state index contributed by atoms with van der Waals surface area (Å²) in [6.07, 6.45) is 0. The molecule has 9 nitrogen and oxygen atoms in total. The van der Waals surface area contributed by atoms with Gasteiger partial charge in [0.15, 0.2) is 5.82 Å². The molecule has 2 N–H and O–H groups in total. The highest BCUT2D eigenvalue weighted by Gasteiger charge is 2.34. The number of nitrogens with zero attached hydrogens (tertiary/aromatic N) is 4. The van der Waals surface area contributed by atoms with E-state index in [4.69, 9.17) is 0 Å². The number of thiophene rings is 1. The number of aromatic nitrogens is 2. The van der Waals surface area contributed by atoms with Gasteiger partial charge in [-0.25, -0.2) is 8.42 Å². The van der Waals surface area contributed by atoms with Crippen LogP contribution < -0.4 is 10.2 Å². The SMILES string of the molecule is CN1CCN(c2ccc(C(=O)Nc3n[nH]c4c3CN(S(=O)(=O)c3cccs3)C4)cc2)CC1. The van der Waals surface area contributed by atoms with Gasteiger partial charge in [-0.1, -0.05) is 6.07 Å². The van der Waals surface area contributed by atoms with Crippen LogP contribution in [0.1, 0.15) is 21.6 Å². The van der Waals surface area contributed by atoms with Crippen molar-refractivity contribution in [2.75, 3.05) is 43.4 Å². The van der Waals surface area contributed by atoms with E-state index in [1.165, 1.54) is 15.6 Å². The minimum atomic E-state index is -3.57. The van der Waals surface area contributed by atoms with Gasteiger partial charge < -0.3 is 15.1 Å².